The summed E-state index contributed by atoms with van der Waals surface area (Å²) >= 11 is 0. The van der Waals surface area contributed by atoms with E-state index in [4.69, 9.17) is 5.73 Å². The second-order valence-corrected chi connectivity index (χ2v) is 3.83. The summed E-state index contributed by atoms with van der Waals surface area (Å²) in [6, 6.07) is 6.27. The van der Waals surface area contributed by atoms with Gasteiger partial charge in [0.15, 0.2) is 5.41 Å². The van der Waals surface area contributed by atoms with E-state index < -0.39 is 24.4 Å². The van der Waals surface area contributed by atoms with Crippen molar-refractivity contribution in [2.75, 3.05) is 13.7 Å². The number of carbonyl (C=O) groups is 1. The molecule has 3 nitrogen and oxygen atoms in total. The van der Waals surface area contributed by atoms with Gasteiger partial charge in [0.25, 0.3) is 6.43 Å². The van der Waals surface area contributed by atoms with Crippen molar-refractivity contribution in [3.63, 3.8) is 0 Å². The number of aryl methyl sites for hydroxylation is 1. The summed E-state index contributed by atoms with van der Waals surface area (Å²) in [7, 11) is 1.07. The lowest BCUT2D eigenvalue weighted by Crippen LogP contribution is -2.49. The number of rotatable bonds is 4. The Hall–Kier alpha value is -1.49. The smallest absolute Gasteiger partial charge is 0.323 e. The molecule has 17 heavy (non-hydrogen) atoms. The molecule has 0 bridgehead atoms. The van der Waals surface area contributed by atoms with Crippen molar-refractivity contribution in [3.05, 3.63) is 35.4 Å². The molecule has 1 aromatic rings. The van der Waals surface area contributed by atoms with Crippen LogP contribution in [0.2, 0.25) is 0 Å². The van der Waals surface area contributed by atoms with Gasteiger partial charge in [-0.1, -0.05) is 29.8 Å². The maximum atomic E-state index is 13.2. The zero-order valence-electron chi connectivity index (χ0n) is 9.74. The van der Waals surface area contributed by atoms with E-state index in [1.807, 2.05) is 6.92 Å². The maximum Gasteiger partial charge on any atom is 0.323 e. The van der Waals surface area contributed by atoms with Gasteiger partial charge in [0.1, 0.15) is 0 Å². The molecule has 0 saturated heterocycles. The Labute approximate surface area is 98.6 Å². The molecule has 0 aromatic heterocycles. The monoisotopic (exact) mass is 243 g/mol. The van der Waals surface area contributed by atoms with Crippen LogP contribution >= 0.6 is 0 Å². The summed E-state index contributed by atoms with van der Waals surface area (Å²) in [5.41, 5.74) is 4.38. The summed E-state index contributed by atoms with van der Waals surface area (Å²) in [6.07, 6.45) is -2.91. The average molecular weight is 243 g/mol. The Morgan fingerprint density at radius 1 is 1.41 bits per heavy atom. The summed E-state index contributed by atoms with van der Waals surface area (Å²) in [6.45, 7) is 1.33. The molecule has 2 N–H and O–H groups in total. The van der Waals surface area contributed by atoms with Crippen molar-refractivity contribution in [1.29, 1.82) is 0 Å². The molecule has 1 unspecified atom stereocenters. The highest BCUT2D eigenvalue weighted by Crippen LogP contribution is 2.32. The molecule has 94 valence electrons. The highest BCUT2D eigenvalue weighted by Gasteiger charge is 2.49. The lowest BCUT2D eigenvalue weighted by atomic mass is 9.80. The highest BCUT2D eigenvalue weighted by molar-refractivity contribution is 5.84. The van der Waals surface area contributed by atoms with Crippen LogP contribution in [0.3, 0.4) is 0 Å². The molecule has 0 aliphatic carbocycles. The van der Waals surface area contributed by atoms with E-state index in [0.29, 0.717) is 0 Å². The molecular formula is C12H15F2NO2. The predicted molar refractivity (Wildman–Crippen MR) is 59.9 cm³/mol. The molecule has 0 aliphatic rings. The predicted octanol–water partition coefficient (Wildman–Crippen LogP) is 1.63. The lowest BCUT2D eigenvalue weighted by molar-refractivity contribution is -0.153. The van der Waals surface area contributed by atoms with Gasteiger partial charge in [0, 0.05) is 6.54 Å². The van der Waals surface area contributed by atoms with Crippen molar-refractivity contribution < 1.29 is 18.3 Å². The Bertz CT molecular complexity index is 392. The van der Waals surface area contributed by atoms with Gasteiger partial charge in [0.05, 0.1) is 7.11 Å². The molecule has 5 heteroatoms. The van der Waals surface area contributed by atoms with Crippen LogP contribution in [-0.2, 0) is 14.9 Å². The number of esters is 1. The van der Waals surface area contributed by atoms with E-state index in [1.165, 1.54) is 12.1 Å². The van der Waals surface area contributed by atoms with Crippen LogP contribution < -0.4 is 5.73 Å². The molecule has 0 radical (unpaired) electrons. The first-order valence-corrected chi connectivity index (χ1v) is 5.12. The molecule has 0 heterocycles. The van der Waals surface area contributed by atoms with E-state index in [0.717, 1.165) is 12.7 Å². The molecule has 0 aliphatic heterocycles. The number of carbonyl (C=O) groups excluding carboxylic acids is 1. The van der Waals surface area contributed by atoms with E-state index >= 15 is 0 Å². The first kappa shape index (κ1) is 13.6. The van der Waals surface area contributed by atoms with Crippen molar-refractivity contribution in [2.45, 2.75) is 18.8 Å². The van der Waals surface area contributed by atoms with Crippen LogP contribution in [0.4, 0.5) is 8.78 Å². The molecule has 0 amide bonds. The summed E-state index contributed by atoms with van der Waals surface area (Å²) in [4.78, 5) is 11.6. The third-order valence-corrected chi connectivity index (χ3v) is 2.81. The van der Waals surface area contributed by atoms with Crippen LogP contribution in [0.25, 0.3) is 0 Å². The first-order valence-electron chi connectivity index (χ1n) is 5.12. The zero-order valence-corrected chi connectivity index (χ0v) is 9.74. The van der Waals surface area contributed by atoms with Gasteiger partial charge in [-0.15, -0.1) is 0 Å². The van der Waals surface area contributed by atoms with Crippen molar-refractivity contribution >= 4 is 5.97 Å². The molecular weight excluding hydrogens is 228 g/mol. The standard InChI is InChI=1S/C12H15F2NO2/c1-8-3-5-9(6-4-8)12(7-15,10(13)14)11(16)17-2/h3-6,10H,7,15H2,1-2H3. The van der Waals surface area contributed by atoms with Gasteiger partial charge in [-0.2, -0.15) is 0 Å². The highest BCUT2D eigenvalue weighted by atomic mass is 19.3. The van der Waals surface area contributed by atoms with Crippen LogP contribution in [0.1, 0.15) is 11.1 Å². The fourth-order valence-electron chi connectivity index (χ4n) is 1.66. The number of nitrogens with two attached hydrogens (primary N) is 1. The third kappa shape index (κ3) is 2.29. The lowest BCUT2D eigenvalue weighted by Gasteiger charge is -2.29. The van der Waals surface area contributed by atoms with Gasteiger partial charge >= 0.3 is 5.97 Å². The fraction of sp³-hybridized carbons (Fsp3) is 0.417. The Morgan fingerprint density at radius 2 is 1.94 bits per heavy atom. The van der Waals surface area contributed by atoms with E-state index in [-0.39, 0.29) is 5.56 Å². The molecule has 0 spiro atoms. The minimum Gasteiger partial charge on any atom is -0.468 e. The van der Waals surface area contributed by atoms with Crippen LogP contribution in [0.15, 0.2) is 24.3 Å². The van der Waals surface area contributed by atoms with E-state index in [1.54, 1.807) is 12.1 Å². The van der Waals surface area contributed by atoms with Crippen LogP contribution in [-0.4, -0.2) is 26.0 Å². The van der Waals surface area contributed by atoms with Crippen molar-refractivity contribution in [2.24, 2.45) is 5.73 Å². The first-order chi connectivity index (χ1) is 7.98. The van der Waals surface area contributed by atoms with Crippen LogP contribution in [0, 0.1) is 6.92 Å². The van der Waals surface area contributed by atoms with E-state index in [2.05, 4.69) is 4.74 Å². The second kappa shape index (κ2) is 5.23. The minimum absolute atomic E-state index is 0.174. The number of alkyl halides is 2. The largest absolute Gasteiger partial charge is 0.468 e. The van der Waals surface area contributed by atoms with Crippen molar-refractivity contribution in [1.82, 2.24) is 0 Å². The van der Waals surface area contributed by atoms with Gasteiger partial charge in [-0.05, 0) is 12.5 Å². The topological polar surface area (TPSA) is 52.3 Å². The molecule has 0 fully saturated rings. The number of hydrogen-bond acceptors (Lipinski definition) is 3. The number of ether oxygens (including phenoxy) is 1. The van der Waals surface area contributed by atoms with Gasteiger partial charge in [-0.3, -0.25) is 4.79 Å². The van der Waals surface area contributed by atoms with E-state index in [9.17, 15) is 13.6 Å². The summed E-state index contributed by atoms with van der Waals surface area (Å²) < 4.78 is 30.8. The number of methoxy groups -OCH3 is 1. The normalized spacial score (nSPS) is 14.5. The quantitative estimate of drug-likeness (QED) is 0.818. The van der Waals surface area contributed by atoms with Gasteiger partial charge in [-0.25, -0.2) is 8.78 Å². The van der Waals surface area contributed by atoms with Gasteiger partial charge in [0.2, 0.25) is 0 Å². The molecule has 0 saturated carbocycles. The van der Waals surface area contributed by atoms with Crippen molar-refractivity contribution in [3.8, 4) is 0 Å². The number of hydrogen-bond donors (Lipinski definition) is 1. The van der Waals surface area contributed by atoms with Crippen LogP contribution in [0.5, 0.6) is 0 Å². The Morgan fingerprint density at radius 3 is 2.29 bits per heavy atom. The zero-order chi connectivity index (χ0) is 13.1. The Balaban J connectivity index is 3.31. The number of benzene rings is 1. The summed E-state index contributed by atoms with van der Waals surface area (Å²) in [5, 5.41) is 0. The molecule has 1 atom stereocenters. The minimum atomic E-state index is -2.91. The molecule has 1 rings (SSSR count). The Kier molecular flexibility index (Phi) is 4.17. The maximum absolute atomic E-state index is 13.2. The fourth-order valence-corrected chi connectivity index (χ4v) is 1.66. The molecule has 1 aromatic carbocycles. The second-order valence-electron chi connectivity index (χ2n) is 3.83. The summed E-state index contributed by atoms with van der Waals surface area (Å²) in [5.74, 6) is -1.01. The van der Waals surface area contributed by atoms with Gasteiger partial charge < -0.3 is 10.5 Å². The SMILES string of the molecule is COC(=O)C(CN)(c1ccc(C)cc1)C(F)F. The third-order valence-electron chi connectivity index (χ3n) is 2.81. The average Bonchev–Trinajstić information content (AvgIpc) is 2.32. The number of halogens is 2.